The van der Waals surface area contributed by atoms with Gasteiger partial charge in [0.1, 0.15) is 11.8 Å². The van der Waals surface area contributed by atoms with Crippen LogP contribution in [0.1, 0.15) is 70.9 Å². The molecule has 1 aromatic heterocycles. The van der Waals surface area contributed by atoms with Gasteiger partial charge in [0.05, 0.1) is 11.9 Å². The zero-order valence-corrected chi connectivity index (χ0v) is 20.0. The molecular weight excluding hydrogens is 436 g/mol. The molecule has 4 aliphatic rings. The zero-order chi connectivity index (χ0) is 23.4. The van der Waals surface area contributed by atoms with Crippen molar-refractivity contribution in [3.63, 3.8) is 0 Å². The summed E-state index contributed by atoms with van der Waals surface area (Å²) < 4.78 is 0. The molecule has 6 atom stereocenters. The summed E-state index contributed by atoms with van der Waals surface area (Å²) in [6.07, 6.45) is 8.76. The molecule has 7 heteroatoms. The number of hydrogen-bond acceptors (Lipinski definition) is 4. The number of anilines is 1. The fraction of sp³-hybridized carbons (Fsp3) is 0.615. The van der Waals surface area contributed by atoms with Crippen molar-refractivity contribution in [3.8, 4) is 6.07 Å². The summed E-state index contributed by atoms with van der Waals surface area (Å²) in [5.74, 6) is 2.04. The minimum atomic E-state index is -0.0483. The molecule has 2 N–H and O–H groups in total. The molecule has 2 unspecified atom stereocenters. The average Bonchev–Trinajstić information content (AvgIpc) is 3.12. The third-order valence-electron chi connectivity index (χ3n) is 9.44. The van der Waals surface area contributed by atoms with Crippen LogP contribution in [0, 0.1) is 45.8 Å². The Balaban J connectivity index is 1.31. The summed E-state index contributed by atoms with van der Waals surface area (Å²) in [7, 11) is 0. The van der Waals surface area contributed by atoms with Gasteiger partial charge in [-0.2, -0.15) is 5.26 Å². The van der Waals surface area contributed by atoms with E-state index in [4.69, 9.17) is 16.9 Å². The Morgan fingerprint density at radius 1 is 1.27 bits per heavy atom. The predicted molar refractivity (Wildman–Crippen MR) is 126 cm³/mol. The number of nitriles is 1. The summed E-state index contributed by atoms with van der Waals surface area (Å²) in [6, 6.07) is 5.34. The third kappa shape index (κ3) is 3.65. The number of rotatable bonds is 3. The largest absolute Gasteiger partial charge is 0.328 e. The second-order valence-corrected chi connectivity index (χ2v) is 11.4. The van der Waals surface area contributed by atoms with Crippen LogP contribution in [0.4, 0.5) is 5.69 Å². The van der Waals surface area contributed by atoms with Gasteiger partial charge in [0.2, 0.25) is 11.8 Å². The van der Waals surface area contributed by atoms with E-state index in [1.54, 1.807) is 18.3 Å². The molecule has 0 radical (unpaired) electrons. The fourth-order valence-corrected chi connectivity index (χ4v) is 8.12. The maximum Gasteiger partial charge on any atom is 0.224 e. The fourth-order valence-electron chi connectivity index (χ4n) is 7.68. The van der Waals surface area contributed by atoms with E-state index in [-0.39, 0.29) is 22.6 Å². The summed E-state index contributed by atoms with van der Waals surface area (Å²) >= 11 is 6.81. The van der Waals surface area contributed by atoms with Gasteiger partial charge in [-0.25, -0.2) is 4.98 Å². The van der Waals surface area contributed by atoms with E-state index in [1.165, 1.54) is 0 Å². The quantitative estimate of drug-likeness (QED) is 0.646. The number of fused-ring (bicyclic) bond motifs is 5. The van der Waals surface area contributed by atoms with Gasteiger partial charge in [0, 0.05) is 29.0 Å². The SMILES string of the molecule is C[C@]12CCC3C(CC(Cl)=C4NC(=O)CC[C@@]43C)[C@@H]1CC[C@@H]2CC(=O)Nc1ccc(C#N)nc1. The first-order valence-electron chi connectivity index (χ1n) is 12.1. The molecule has 2 saturated carbocycles. The van der Waals surface area contributed by atoms with Gasteiger partial charge >= 0.3 is 0 Å². The van der Waals surface area contributed by atoms with Crippen molar-refractivity contribution in [3.05, 3.63) is 34.8 Å². The van der Waals surface area contributed by atoms with Crippen molar-refractivity contribution in [2.75, 3.05) is 5.32 Å². The van der Waals surface area contributed by atoms with E-state index in [9.17, 15) is 9.59 Å². The maximum atomic E-state index is 12.9. The normalized spacial score (nSPS) is 37.3. The van der Waals surface area contributed by atoms with E-state index in [2.05, 4.69) is 29.5 Å². The van der Waals surface area contributed by atoms with Crippen molar-refractivity contribution in [2.24, 2.45) is 34.5 Å². The topological polar surface area (TPSA) is 94.9 Å². The lowest BCUT2D eigenvalue weighted by Crippen LogP contribution is -2.54. The smallest absolute Gasteiger partial charge is 0.224 e. The van der Waals surface area contributed by atoms with Crippen LogP contribution < -0.4 is 10.6 Å². The highest BCUT2D eigenvalue weighted by Gasteiger charge is 2.59. The molecule has 1 aromatic rings. The van der Waals surface area contributed by atoms with E-state index in [0.29, 0.717) is 47.9 Å². The van der Waals surface area contributed by atoms with Gasteiger partial charge in [0.25, 0.3) is 0 Å². The average molecular weight is 467 g/mol. The number of nitrogens with zero attached hydrogens (tertiary/aromatic N) is 2. The Bertz CT molecular complexity index is 1060. The number of carbonyl (C=O) groups is 2. The number of carbonyl (C=O) groups excluding carboxylic acids is 2. The Morgan fingerprint density at radius 2 is 2.09 bits per heavy atom. The molecule has 1 aliphatic heterocycles. The third-order valence-corrected chi connectivity index (χ3v) is 9.78. The number of hydrogen-bond donors (Lipinski definition) is 2. The summed E-state index contributed by atoms with van der Waals surface area (Å²) in [6.45, 7) is 4.69. The number of aromatic nitrogens is 1. The van der Waals surface area contributed by atoms with Crippen LogP contribution in [0.15, 0.2) is 29.1 Å². The predicted octanol–water partition coefficient (Wildman–Crippen LogP) is 5.11. The molecule has 3 fully saturated rings. The number of pyridine rings is 1. The number of piperidine rings is 1. The van der Waals surface area contributed by atoms with E-state index >= 15 is 0 Å². The Morgan fingerprint density at radius 3 is 2.82 bits per heavy atom. The zero-order valence-electron chi connectivity index (χ0n) is 19.3. The second-order valence-electron chi connectivity index (χ2n) is 10.9. The maximum absolute atomic E-state index is 12.9. The van der Waals surface area contributed by atoms with Gasteiger partial charge in [0.15, 0.2) is 0 Å². The second kappa shape index (κ2) is 8.13. The van der Waals surface area contributed by atoms with Gasteiger partial charge < -0.3 is 10.6 Å². The van der Waals surface area contributed by atoms with Crippen LogP contribution in [0.5, 0.6) is 0 Å². The molecule has 3 aliphatic carbocycles. The van der Waals surface area contributed by atoms with Gasteiger partial charge in [-0.1, -0.05) is 25.4 Å². The summed E-state index contributed by atoms with van der Waals surface area (Å²) in [4.78, 5) is 29.0. The molecule has 1 saturated heterocycles. The van der Waals surface area contributed by atoms with Crippen LogP contribution in [0.3, 0.4) is 0 Å². The van der Waals surface area contributed by atoms with Gasteiger partial charge in [-0.15, -0.1) is 0 Å². The molecule has 5 rings (SSSR count). The molecule has 6 nitrogen and oxygen atoms in total. The molecule has 0 spiro atoms. The van der Waals surface area contributed by atoms with Crippen molar-refractivity contribution in [1.29, 1.82) is 5.26 Å². The number of halogens is 1. The minimum Gasteiger partial charge on any atom is -0.328 e. The lowest BCUT2D eigenvalue weighted by molar-refractivity contribution is -0.125. The number of nitrogens with one attached hydrogen (secondary N) is 2. The Kier molecular flexibility index (Phi) is 5.52. The van der Waals surface area contributed by atoms with E-state index in [1.807, 2.05) is 6.07 Å². The van der Waals surface area contributed by atoms with E-state index < -0.39 is 0 Å². The lowest BCUT2D eigenvalue weighted by atomic mass is 9.49. The van der Waals surface area contributed by atoms with Crippen molar-refractivity contribution >= 4 is 29.1 Å². The van der Waals surface area contributed by atoms with E-state index in [0.717, 1.165) is 49.3 Å². The number of amides is 2. The molecule has 2 amide bonds. The first kappa shape index (κ1) is 22.4. The Hall–Kier alpha value is -2.39. The van der Waals surface area contributed by atoms with Crippen molar-refractivity contribution in [2.45, 2.75) is 65.2 Å². The lowest BCUT2D eigenvalue weighted by Gasteiger charge is -2.57. The van der Waals surface area contributed by atoms with Crippen molar-refractivity contribution < 1.29 is 9.59 Å². The van der Waals surface area contributed by atoms with Gasteiger partial charge in [-0.05, 0) is 79.7 Å². The first-order valence-corrected chi connectivity index (χ1v) is 12.5. The molecular formula is C26H31ClN4O2. The highest BCUT2D eigenvalue weighted by atomic mass is 35.5. The summed E-state index contributed by atoms with van der Waals surface area (Å²) in [5.41, 5.74) is 2.03. The Labute approximate surface area is 200 Å². The highest BCUT2D eigenvalue weighted by Crippen LogP contribution is 2.66. The molecule has 0 bridgehead atoms. The molecule has 33 heavy (non-hydrogen) atoms. The highest BCUT2D eigenvalue weighted by molar-refractivity contribution is 6.30. The number of allylic oxidation sites excluding steroid dienone is 2. The monoisotopic (exact) mass is 466 g/mol. The van der Waals surface area contributed by atoms with Crippen LogP contribution in [-0.4, -0.2) is 16.8 Å². The van der Waals surface area contributed by atoms with Crippen LogP contribution >= 0.6 is 11.6 Å². The van der Waals surface area contributed by atoms with Crippen LogP contribution in [0.25, 0.3) is 0 Å². The first-order chi connectivity index (χ1) is 15.7. The molecule has 2 heterocycles. The standard InChI is InChI=1S/C26H31ClN4O2/c1-25-9-7-20-18(12-21(27)24-26(20,2)10-8-22(32)31-24)19(25)6-3-15(25)11-23(33)30-17-5-4-16(13-28)29-14-17/h4-5,14-15,18-20H,3,6-12H2,1-2H3,(H,30,33)(H,31,32)/t15-,18?,19+,20?,25-,26-/m1/s1. The molecule has 174 valence electrons. The van der Waals surface area contributed by atoms with Crippen molar-refractivity contribution in [1.82, 2.24) is 10.3 Å². The van der Waals surface area contributed by atoms with Gasteiger partial charge in [-0.3, -0.25) is 9.59 Å². The molecule has 0 aromatic carbocycles. The summed E-state index contributed by atoms with van der Waals surface area (Å²) in [5, 5.41) is 15.8. The van der Waals surface area contributed by atoms with Crippen LogP contribution in [-0.2, 0) is 9.59 Å². The van der Waals surface area contributed by atoms with Crippen LogP contribution in [0.2, 0.25) is 0 Å². The minimum absolute atomic E-state index is 0.0151.